The Morgan fingerprint density at radius 2 is 1.94 bits per heavy atom. The van der Waals surface area contributed by atoms with Crippen LogP contribution in [0, 0.1) is 0 Å². The van der Waals surface area contributed by atoms with Crippen molar-refractivity contribution in [2.45, 2.75) is 38.0 Å². The fourth-order valence-corrected chi connectivity index (χ4v) is 3.14. The molecule has 0 spiro atoms. The maximum absolute atomic E-state index is 5.83. The van der Waals surface area contributed by atoms with Crippen LogP contribution in [-0.4, -0.2) is 13.7 Å². The number of allylic oxidation sites excluding steroid dienone is 2. The first-order chi connectivity index (χ1) is 8.88. The Morgan fingerprint density at radius 3 is 2.72 bits per heavy atom. The number of benzene rings is 1. The van der Waals surface area contributed by atoms with Gasteiger partial charge < -0.3 is 9.47 Å². The molecule has 96 valence electrons. The zero-order chi connectivity index (χ0) is 12.4. The van der Waals surface area contributed by atoms with E-state index in [1.54, 1.807) is 12.7 Å². The summed E-state index contributed by atoms with van der Waals surface area (Å²) < 4.78 is 11.1. The zero-order valence-electron chi connectivity index (χ0n) is 10.9. The molecule has 1 atom stereocenters. The van der Waals surface area contributed by atoms with Crippen molar-refractivity contribution in [3.8, 4) is 5.75 Å². The molecule has 1 aliphatic carbocycles. The van der Waals surface area contributed by atoms with Crippen molar-refractivity contribution in [3.05, 3.63) is 41.2 Å². The van der Waals surface area contributed by atoms with Crippen LogP contribution in [0.2, 0.25) is 0 Å². The Bertz CT molecular complexity index is 441. The van der Waals surface area contributed by atoms with Crippen LogP contribution in [0.25, 0.3) is 0 Å². The molecule has 2 aliphatic rings. The molecule has 0 aromatic heterocycles. The molecule has 1 heterocycles. The van der Waals surface area contributed by atoms with Crippen molar-refractivity contribution < 1.29 is 9.47 Å². The molecule has 0 bridgehead atoms. The van der Waals surface area contributed by atoms with E-state index in [4.69, 9.17) is 9.47 Å². The lowest BCUT2D eigenvalue weighted by molar-refractivity contribution is 0.164. The number of methoxy groups -OCH3 is 1. The maximum Gasteiger partial charge on any atom is 0.118 e. The molecule has 2 nitrogen and oxygen atoms in total. The number of rotatable bonds is 2. The lowest BCUT2D eigenvalue weighted by Crippen LogP contribution is -2.17. The molecular formula is C16H20O2. The minimum absolute atomic E-state index is 0.569. The van der Waals surface area contributed by atoms with Gasteiger partial charge in [-0.15, -0.1) is 0 Å². The molecule has 0 N–H and O–H groups in total. The first-order valence-electron chi connectivity index (χ1n) is 6.87. The van der Waals surface area contributed by atoms with E-state index >= 15 is 0 Å². The maximum atomic E-state index is 5.83. The van der Waals surface area contributed by atoms with Gasteiger partial charge in [0, 0.05) is 12.3 Å². The molecule has 0 unspecified atom stereocenters. The van der Waals surface area contributed by atoms with Crippen LogP contribution < -0.4 is 4.74 Å². The Kier molecular flexibility index (Phi) is 3.26. The van der Waals surface area contributed by atoms with Crippen molar-refractivity contribution in [1.29, 1.82) is 0 Å². The highest BCUT2D eigenvalue weighted by atomic mass is 16.5. The summed E-state index contributed by atoms with van der Waals surface area (Å²) in [6.07, 6.45) is 6.03. The van der Waals surface area contributed by atoms with E-state index in [-0.39, 0.29) is 0 Å². The third-order valence-electron chi connectivity index (χ3n) is 4.06. The average molecular weight is 244 g/mol. The molecule has 0 saturated carbocycles. The second-order valence-electron chi connectivity index (χ2n) is 5.12. The molecule has 0 fully saturated rings. The van der Waals surface area contributed by atoms with Gasteiger partial charge in [-0.05, 0) is 49.0 Å². The van der Waals surface area contributed by atoms with Gasteiger partial charge in [-0.25, -0.2) is 0 Å². The van der Waals surface area contributed by atoms with E-state index in [1.165, 1.54) is 37.0 Å². The molecule has 1 aromatic carbocycles. The van der Waals surface area contributed by atoms with E-state index < -0.39 is 0 Å². The van der Waals surface area contributed by atoms with Gasteiger partial charge in [-0.3, -0.25) is 0 Å². The first-order valence-corrected chi connectivity index (χ1v) is 6.87. The van der Waals surface area contributed by atoms with Crippen LogP contribution in [0.3, 0.4) is 0 Å². The predicted molar refractivity (Wildman–Crippen MR) is 71.8 cm³/mol. The van der Waals surface area contributed by atoms with Gasteiger partial charge in [-0.2, -0.15) is 0 Å². The van der Waals surface area contributed by atoms with E-state index in [9.17, 15) is 0 Å². The highest BCUT2D eigenvalue weighted by Gasteiger charge is 2.27. The second-order valence-corrected chi connectivity index (χ2v) is 5.12. The zero-order valence-corrected chi connectivity index (χ0v) is 10.9. The molecule has 1 aliphatic heterocycles. The Hall–Kier alpha value is -1.44. The topological polar surface area (TPSA) is 18.5 Å². The van der Waals surface area contributed by atoms with Crippen LogP contribution in [0.15, 0.2) is 35.6 Å². The van der Waals surface area contributed by atoms with E-state index in [0.29, 0.717) is 5.92 Å². The first kappa shape index (κ1) is 11.6. The molecule has 0 amide bonds. The summed E-state index contributed by atoms with van der Waals surface area (Å²) in [5.41, 5.74) is 2.96. The van der Waals surface area contributed by atoms with Crippen LogP contribution in [0.4, 0.5) is 0 Å². The highest BCUT2D eigenvalue weighted by molar-refractivity contribution is 5.36. The van der Waals surface area contributed by atoms with Gasteiger partial charge in [0.1, 0.15) is 5.75 Å². The van der Waals surface area contributed by atoms with Crippen LogP contribution in [0.5, 0.6) is 5.75 Å². The van der Waals surface area contributed by atoms with Crippen molar-refractivity contribution >= 4 is 0 Å². The number of ether oxygens (including phenoxy) is 2. The summed E-state index contributed by atoms with van der Waals surface area (Å²) in [6, 6.07) is 8.53. The molecule has 2 heteroatoms. The van der Waals surface area contributed by atoms with E-state index in [1.807, 2.05) is 0 Å². The smallest absolute Gasteiger partial charge is 0.118 e. The summed E-state index contributed by atoms with van der Waals surface area (Å²) in [7, 11) is 1.71. The Balaban J connectivity index is 1.89. The van der Waals surface area contributed by atoms with Crippen LogP contribution in [-0.2, 0) is 4.74 Å². The lowest BCUT2D eigenvalue weighted by Gasteiger charge is -2.32. The van der Waals surface area contributed by atoms with Gasteiger partial charge in [0.05, 0.1) is 19.5 Å². The molecule has 18 heavy (non-hydrogen) atoms. The second kappa shape index (κ2) is 5.05. The van der Waals surface area contributed by atoms with Gasteiger partial charge in [0.25, 0.3) is 0 Å². The fourth-order valence-electron chi connectivity index (χ4n) is 3.14. The van der Waals surface area contributed by atoms with E-state index in [0.717, 1.165) is 18.8 Å². The number of hydrogen-bond acceptors (Lipinski definition) is 2. The largest absolute Gasteiger partial charge is 0.498 e. The van der Waals surface area contributed by atoms with Crippen molar-refractivity contribution in [2.24, 2.45) is 0 Å². The van der Waals surface area contributed by atoms with Crippen LogP contribution >= 0.6 is 0 Å². The van der Waals surface area contributed by atoms with Crippen molar-refractivity contribution in [2.75, 3.05) is 13.7 Å². The summed E-state index contributed by atoms with van der Waals surface area (Å²) in [5.74, 6) is 2.79. The molecular weight excluding hydrogens is 224 g/mol. The highest BCUT2D eigenvalue weighted by Crippen LogP contribution is 2.42. The summed E-state index contributed by atoms with van der Waals surface area (Å²) in [6.45, 7) is 0.911. The standard InChI is InChI=1S/C16H20O2/c1-17-13-9-7-12(8-10-13)14-4-2-6-16-15(14)5-3-11-18-16/h7-10,14H,2-6,11H2,1H3/t14-/m0/s1. The van der Waals surface area contributed by atoms with Gasteiger partial charge >= 0.3 is 0 Å². The fraction of sp³-hybridized carbons (Fsp3) is 0.500. The lowest BCUT2D eigenvalue weighted by atomic mass is 9.79. The van der Waals surface area contributed by atoms with Crippen molar-refractivity contribution in [1.82, 2.24) is 0 Å². The molecule has 0 saturated heterocycles. The summed E-state index contributed by atoms with van der Waals surface area (Å²) in [4.78, 5) is 0. The Labute approximate surface area is 109 Å². The monoisotopic (exact) mass is 244 g/mol. The molecule has 0 radical (unpaired) electrons. The minimum atomic E-state index is 0.569. The quantitative estimate of drug-likeness (QED) is 0.782. The summed E-state index contributed by atoms with van der Waals surface area (Å²) in [5, 5.41) is 0. The number of hydrogen-bond donors (Lipinski definition) is 0. The van der Waals surface area contributed by atoms with Gasteiger partial charge in [0.2, 0.25) is 0 Å². The Morgan fingerprint density at radius 1 is 1.11 bits per heavy atom. The summed E-state index contributed by atoms with van der Waals surface area (Å²) >= 11 is 0. The average Bonchev–Trinajstić information content (AvgIpc) is 2.47. The SMILES string of the molecule is COc1ccc([C@@H]2CCCC3=C2CCCO3)cc1. The third kappa shape index (κ3) is 2.12. The van der Waals surface area contributed by atoms with Crippen LogP contribution in [0.1, 0.15) is 43.6 Å². The van der Waals surface area contributed by atoms with E-state index in [2.05, 4.69) is 24.3 Å². The van der Waals surface area contributed by atoms with Gasteiger partial charge in [0.15, 0.2) is 0 Å². The predicted octanol–water partition coefficient (Wildman–Crippen LogP) is 4.03. The normalized spacial score (nSPS) is 23.3. The molecule has 3 rings (SSSR count). The molecule has 1 aromatic rings. The van der Waals surface area contributed by atoms with Crippen molar-refractivity contribution in [3.63, 3.8) is 0 Å². The third-order valence-corrected chi connectivity index (χ3v) is 4.06. The van der Waals surface area contributed by atoms with Gasteiger partial charge in [-0.1, -0.05) is 12.1 Å². The minimum Gasteiger partial charge on any atom is -0.498 e.